The van der Waals surface area contributed by atoms with Crippen molar-refractivity contribution in [3.63, 3.8) is 0 Å². The minimum atomic E-state index is 0.516. The summed E-state index contributed by atoms with van der Waals surface area (Å²) in [5.74, 6) is 0.871. The van der Waals surface area contributed by atoms with E-state index in [1.165, 1.54) is 64.3 Å². The monoisotopic (exact) mass is 269 g/mol. The maximum atomic E-state index is 5.79. The van der Waals surface area contributed by atoms with E-state index in [0.717, 1.165) is 12.5 Å². The Balaban J connectivity index is 1.94. The molecule has 19 heavy (non-hydrogen) atoms. The van der Waals surface area contributed by atoms with Gasteiger partial charge in [-0.1, -0.05) is 52.9 Å². The molecule has 1 rings (SSSR count). The lowest BCUT2D eigenvalue weighted by Gasteiger charge is -2.30. The molecule has 0 aromatic carbocycles. The Kier molecular flexibility index (Phi) is 9.54. The van der Waals surface area contributed by atoms with Gasteiger partial charge in [0.2, 0.25) is 0 Å². The van der Waals surface area contributed by atoms with Gasteiger partial charge >= 0.3 is 0 Å². The summed E-state index contributed by atoms with van der Waals surface area (Å²) in [5, 5.41) is 3.73. The van der Waals surface area contributed by atoms with Crippen LogP contribution in [0.25, 0.3) is 0 Å². The first-order valence-electron chi connectivity index (χ1n) is 8.57. The molecule has 0 aromatic heterocycles. The van der Waals surface area contributed by atoms with Crippen LogP contribution in [0.5, 0.6) is 0 Å². The maximum absolute atomic E-state index is 5.79. The third kappa shape index (κ3) is 8.65. The number of ether oxygens (including phenoxy) is 1. The fourth-order valence-corrected chi connectivity index (χ4v) is 2.93. The summed E-state index contributed by atoms with van der Waals surface area (Å²) in [6.45, 7) is 9.04. The van der Waals surface area contributed by atoms with Gasteiger partial charge in [0.15, 0.2) is 0 Å². The fourth-order valence-electron chi connectivity index (χ4n) is 2.93. The van der Waals surface area contributed by atoms with Crippen LogP contribution in [0.15, 0.2) is 0 Å². The predicted molar refractivity (Wildman–Crippen MR) is 83.6 cm³/mol. The molecular formula is C17H35NO. The largest absolute Gasteiger partial charge is 0.378 e. The molecule has 2 unspecified atom stereocenters. The second-order valence-electron chi connectivity index (χ2n) is 6.55. The van der Waals surface area contributed by atoms with E-state index in [4.69, 9.17) is 4.74 Å². The van der Waals surface area contributed by atoms with Crippen molar-refractivity contribution in [2.45, 2.75) is 90.7 Å². The van der Waals surface area contributed by atoms with Gasteiger partial charge in [0.05, 0.1) is 6.10 Å². The first-order valence-corrected chi connectivity index (χ1v) is 8.57. The summed E-state index contributed by atoms with van der Waals surface area (Å²) >= 11 is 0. The highest BCUT2D eigenvalue weighted by atomic mass is 16.5. The first kappa shape index (κ1) is 17.0. The number of nitrogens with one attached hydrogen (secondary N) is 1. The molecule has 0 amide bonds. The summed E-state index contributed by atoms with van der Waals surface area (Å²) in [5.41, 5.74) is 0. The quantitative estimate of drug-likeness (QED) is 0.588. The highest BCUT2D eigenvalue weighted by molar-refractivity contribution is 4.76. The molecule has 1 aliphatic rings. The molecule has 0 aromatic rings. The van der Waals surface area contributed by atoms with Gasteiger partial charge in [-0.15, -0.1) is 0 Å². The van der Waals surface area contributed by atoms with Crippen molar-refractivity contribution in [3.8, 4) is 0 Å². The molecule has 2 nitrogen and oxygen atoms in total. The summed E-state index contributed by atoms with van der Waals surface area (Å²) in [7, 11) is 0. The zero-order valence-corrected chi connectivity index (χ0v) is 13.4. The van der Waals surface area contributed by atoms with E-state index in [9.17, 15) is 0 Å². The Bertz CT molecular complexity index is 203. The van der Waals surface area contributed by atoms with E-state index in [1.807, 2.05) is 0 Å². The van der Waals surface area contributed by atoms with Crippen LogP contribution in [-0.4, -0.2) is 25.3 Å². The van der Waals surface area contributed by atoms with Crippen molar-refractivity contribution in [3.05, 3.63) is 0 Å². The van der Waals surface area contributed by atoms with Crippen LogP contribution < -0.4 is 5.32 Å². The molecule has 0 radical (unpaired) electrons. The standard InChI is InChI=1S/C17H35NO/c1-4-9-17-14-16(11-13-19-17)18-12-8-6-5-7-10-15(2)3/h15-18H,4-14H2,1-3H3. The van der Waals surface area contributed by atoms with Gasteiger partial charge in [-0.3, -0.25) is 0 Å². The van der Waals surface area contributed by atoms with Gasteiger partial charge < -0.3 is 10.1 Å². The van der Waals surface area contributed by atoms with Gasteiger partial charge in [-0.05, 0) is 38.1 Å². The molecular weight excluding hydrogens is 234 g/mol. The molecule has 1 saturated heterocycles. The second kappa shape index (κ2) is 10.7. The lowest BCUT2D eigenvalue weighted by atomic mass is 10.00. The van der Waals surface area contributed by atoms with Crippen LogP contribution in [0.2, 0.25) is 0 Å². The minimum absolute atomic E-state index is 0.516. The van der Waals surface area contributed by atoms with Crippen LogP contribution in [0.1, 0.15) is 78.6 Å². The number of unbranched alkanes of at least 4 members (excludes halogenated alkanes) is 3. The van der Waals surface area contributed by atoms with E-state index in [0.29, 0.717) is 12.1 Å². The Morgan fingerprint density at radius 2 is 1.95 bits per heavy atom. The average Bonchev–Trinajstić information content (AvgIpc) is 2.38. The Hall–Kier alpha value is -0.0800. The lowest BCUT2D eigenvalue weighted by molar-refractivity contribution is -0.00311. The number of hydrogen-bond donors (Lipinski definition) is 1. The lowest BCUT2D eigenvalue weighted by Crippen LogP contribution is -2.39. The molecule has 0 spiro atoms. The molecule has 0 aliphatic carbocycles. The van der Waals surface area contributed by atoms with Crippen LogP contribution in [0, 0.1) is 5.92 Å². The first-order chi connectivity index (χ1) is 9.22. The SMILES string of the molecule is CCCC1CC(NCCCCCCC(C)C)CCO1. The molecule has 1 heterocycles. The topological polar surface area (TPSA) is 21.3 Å². The minimum Gasteiger partial charge on any atom is -0.378 e. The van der Waals surface area contributed by atoms with Crippen molar-refractivity contribution < 1.29 is 4.74 Å². The molecule has 2 atom stereocenters. The van der Waals surface area contributed by atoms with E-state index in [1.54, 1.807) is 0 Å². The van der Waals surface area contributed by atoms with E-state index in [-0.39, 0.29) is 0 Å². The van der Waals surface area contributed by atoms with Crippen LogP contribution >= 0.6 is 0 Å². The van der Waals surface area contributed by atoms with Crippen molar-refractivity contribution >= 4 is 0 Å². The summed E-state index contributed by atoms with van der Waals surface area (Å²) < 4.78 is 5.79. The third-order valence-corrected chi connectivity index (χ3v) is 4.12. The summed E-state index contributed by atoms with van der Waals surface area (Å²) in [4.78, 5) is 0. The number of hydrogen-bond acceptors (Lipinski definition) is 2. The Morgan fingerprint density at radius 3 is 2.68 bits per heavy atom. The maximum Gasteiger partial charge on any atom is 0.0589 e. The van der Waals surface area contributed by atoms with Gasteiger partial charge in [0.1, 0.15) is 0 Å². The normalized spacial score (nSPS) is 24.0. The molecule has 1 N–H and O–H groups in total. The number of rotatable bonds is 10. The smallest absolute Gasteiger partial charge is 0.0589 e. The highest BCUT2D eigenvalue weighted by Crippen LogP contribution is 2.18. The van der Waals surface area contributed by atoms with E-state index < -0.39 is 0 Å². The second-order valence-corrected chi connectivity index (χ2v) is 6.55. The fraction of sp³-hybridized carbons (Fsp3) is 1.00. The predicted octanol–water partition coefficient (Wildman–Crippen LogP) is 4.53. The van der Waals surface area contributed by atoms with Gasteiger partial charge in [0, 0.05) is 12.6 Å². The Labute approximate surface area is 120 Å². The average molecular weight is 269 g/mol. The molecule has 2 heteroatoms. The van der Waals surface area contributed by atoms with Crippen molar-refractivity contribution in [1.82, 2.24) is 5.32 Å². The van der Waals surface area contributed by atoms with Crippen molar-refractivity contribution in [2.75, 3.05) is 13.2 Å². The van der Waals surface area contributed by atoms with Crippen molar-refractivity contribution in [1.29, 1.82) is 0 Å². The molecule has 1 aliphatic heterocycles. The highest BCUT2D eigenvalue weighted by Gasteiger charge is 2.20. The van der Waals surface area contributed by atoms with Crippen LogP contribution in [0.3, 0.4) is 0 Å². The van der Waals surface area contributed by atoms with Gasteiger partial charge in [0.25, 0.3) is 0 Å². The van der Waals surface area contributed by atoms with Crippen LogP contribution in [-0.2, 0) is 4.74 Å². The molecule has 0 bridgehead atoms. The van der Waals surface area contributed by atoms with E-state index >= 15 is 0 Å². The molecule has 0 saturated carbocycles. The zero-order chi connectivity index (χ0) is 13.9. The Morgan fingerprint density at radius 1 is 1.16 bits per heavy atom. The molecule has 1 fully saturated rings. The van der Waals surface area contributed by atoms with E-state index in [2.05, 4.69) is 26.1 Å². The van der Waals surface area contributed by atoms with Crippen LogP contribution in [0.4, 0.5) is 0 Å². The van der Waals surface area contributed by atoms with Gasteiger partial charge in [-0.25, -0.2) is 0 Å². The summed E-state index contributed by atoms with van der Waals surface area (Å²) in [6, 6.07) is 0.709. The van der Waals surface area contributed by atoms with Gasteiger partial charge in [-0.2, -0.15) is 0 Å². The summed E-state index contributed by atoms with van der Waals surface area (Å²) in [6.07, 6.45) is 12.4. The third-order valence-electron chi connectivity index (χ3n) is 4.12. The molecule has 114 valence electrons. The van der Waals surface area contributed by atoms with Crippen molar-refractivity contribution in [2.24, 2.45) is 5.92 Å². The zero-order valence-electron chi connectivity index (χ0n) is 13.4.